The Morgan fingerprint density at radius 2 is 1.92 bits per heavy atom. The molecule has 2 aliphatic rings. The zero-order valence-electron chi connectivity index (χ0n) is 15.6. The monoisotopic (exact) mass is 359 g/mol. The van der Waals surface area contributed by atoms with Gasteiger partial charge in [0, 0.05) is 37.8 Å². The standard InChI is InChI=1S/C20H29N3O3/c1-2-11-22-13-9-16(10-14-22)21-19(24)15-26-18-7-5-17(6-8-18)23-12-3-4-20(23)25/h5-8,16H,2-4,9-15H2,1H3,(H,21,24). The molecular formula is C20H29N3O3. The second-order valence-corrected chi connectivity index (χ2v) is 7.11. The Hall–Kier alpha value is -2.08. The second-order valence-electron chi connectivity index (χ2n) is 7.11. The fourth-order valence-corrected chi connectivity index (χ4v) is 3.68. The molecule has 0 bridgehead atoms. The average Bonchev–Trinajstić information content (AvgIpc) is 3.08. The molecule has 0 spiro atoms. The number of hydrogen-bond donors (Lipinski definition) is 1. The fourth-order valence-electron chi connectivity index (χ4n) is 3.68. The minimum atomic E-state index is -0.0715. The molecule has 2 amide bonds. The van der Waals surface area contributed by atoms with Crippen molar-refractivity contribution >= 4 is 17.5 Å². The zero-order chi connectivity index (χ0) is 18.4. The van der Waals surface area contributed by atoms with Crippen LogP contribution in [0, 0.1) is 0 Å². The first-order valence-electron chi connectivity index (χ1n) is 9.70. The van der Waals surface area contributed by atoms with Crippen LogP contribution in [0.3, 0.4) is 0 Å². The van der Waals surface area contributed by atoms with Gasteiger partial charge in [0.25, 0.3) is 5.91 Å². The molecule has 1 N–H and O–H groups in total. The summed E-state index contributed by atoms with van der Waals surface area (Å²) in [7, 11) is 0. The van der Waals surface area contributed by atoms with Crippen LogP contribution in [0.4, 0.5) is 5.69 Å². The molecule has 2 heterocycles. The van der Waals surface area contributed by atoms with Gasteiger partial charge in [-0.05, 0) is 56.5 Å². The van der Waals surface area contributed by atoms with Crippen LogP contribution in [0.2, 0.25) is 0 Å². The molecule has 1 aromatic carbocycles. The molecule has 0 saturated carbocycles. The van der Waals surface area contributed by atoms with Gasteiger partial charge in [-0.3, -0.25) is 9.59 Å². The van der Waals surface area contributed by atoms with E-state index >= 15 is 0 Å². The first-order valence-corrected chi connectivity index (χ1v) is 9.70. The van der Waals surface area contributed by atoms with E-state index in [1.807, 2.05) is 24.3 Å². The van der Waals surface area contributed by atoms with E-state index in [9.17, 15) is 9.59 Å². The van der Waals surface area contributed by atoms with E-state index in [0.29, 0.717) is 12.2 Å². The third kappa shape index (κ3) is 4.97. The van der Waals surface area contributed by atoms with Crippen LogP contribution in [0.1, 0.15) is 39.0 Å². The SMILES string of the molecule is CCCN1CCC(NC(=O)COc2ccc(N3CCCC3=O)cc2)CC1. The van der Waals surface area contributed by atoms with Crippen LogP contribution in [-0.2, 0) is 9.59 Å². The molecule has 142 valence electrons. The number of anilines is 1. The molecule has 2 fully saturated rings. The largest absolute Gasteiger partial charge is 0.484 e. The highest BCUT2D eigenvalue weighted by atomic mass is 16.5. The van der Waals surface area contributed by atoms with Crippen LogP contribution < -0.4 is 15.0 Å². The van der Waals surface area contributed by atoms with E-state index in [4.69, 9.17) is 4.74 Å². The molecule has 0 aromatic heterocycles. The summed E-state index contributed by atoms with van der Waals surface area (Å²) in [6.45, 7) is 6.24. The van der Waals surface area contributed by atoms with Crippen LogP contribution in [-0.4, -0.2) is 55.5 Å². The molecule has 6 heteroatoms. The first kappa shape index (κ1) is 18.7. The van der Waals surface area contributed by atoms with Gasteiger partial charge in [0.05, 0.1) is 0 Å². The maximum absolute atomic E-state index is 12.1. The Kier molecular flexibility index (Phi) is 6.50. The van der Waals surface area contributed by atoms with Gasteiger partial charge in [0.1, 0.15) is 5.75 Å². The molecule has 3 rings (SSSR count). The first-order chi connectivity index (χ1) is 12.7. The molecule has 0 radical (unpaired) electrons. The van der Waals surface area contributed by atoms with E-state index in [0.717, 1.165) is 51.1 Å². The number of amides is 2. The van der Waals surface area contributed by atoms with E-state index in [1.165, 1.54) is 6.42 Å². The molecule has 0 aliphatic carbocycles. The van der Waals surface area contributed by atoms with E-state index < -0.39 is 0 Å². The lowest BCUT2D eigenvalue weighted by Gasteiger charge is -2.32. The summed E-state index contributed by atoms with van der Waals surface area (Å²) in [6, 6.07) is 7.64. The number of benzene rings is 1. The van der Waals surface area contributed by atoms with Crippen molar-refractivity contribution in [1.82, 2.24) is 10.2 Å². The number of hydrogen-bond acceptors (Lipinski definition) is 4. The van der Waals surface area contributed by atoms with Gasteiger partial charge in [-0.15, -0.1) is 0 Å². The minimum absolute atomic E-state index is 0.0250. The summed E-state index contributed by atoms with van der Waals surface area (Å²) >= 11 is 0. The number of nitrogens with zero attached hydrogens (tertiary/aromatic N) is 2. The Bertz CT molecular complexity index is 609. The van der Waals surface area contributed by atoms with Gasteiger partial charge >= 0.3 is 0 Å². The summed E-state index contributed by atoms with van der Waals surface area (Å²) < 4.78 is 5.59. The maximum Gasteiger partial charge on any atom is 0.258 e. The van der Waals surface area contributed by atoms with Crippen LogP contribution in [0.5, 0.6) is 5.75 Å². The normalized spacial score (nSPS) is 19.0. The molecule has 2 saturated heterocycles. The molecule has 0 atom stereocenters. The van der Waals surface area contributed by atoms with Crippen molar-refractivity contribution < 1.29 is 14.3 Å². The van der Waals surface area contributed by atoms with Crippen molar-refractivity contribution in [2.24, 2.45) is 0 Å². The third-order valence-electron chi connectivity index (χ3n) is 5.08. The number of carbonyl (C=O) groups excluding carboxylic acids is 2. The molecule has 0 unspecified atom stereocenters. The average molecular weight is 359 g/mol. The van der Waals surface area contributed by atoms with Crippen molar-refractivity contribution in [3.8, 4) is 5.75 Å². The quantitative estimate of drug-likeness (QED) is 0.811. The number of likely N-dealkylation sites (tertiary alicyclic amines) is 1. The van der Waals surface area contributed by atoms with Crippen molar-refractivity contribution in [1.29, 1.82) is 0 Å². The van der Waals surface area contributed by atoms with E-state index in [2.05, 4.69) is 17.1 Å². The smallest absolute Gasteiger partial charge is 0.258 e. The molecular weight excluding hydrogens is 330 g/mol. The summed E-state index contributed by atoms with van der Waals surface area (Å²) in [6.07, 6.45) is 4.72. The van der Waals surface area contributed by atoms with Gasteiger partial charge in [-0.1, -0.05) is 6.92 Å². The van der Waals surface area contributed by atoms with E-state index in [1.54, 1.807) is 4.90 Å². The fraction of sp³-hybridized carbons (Fsp3) is 0.600. The van der Waals surface area contributed by atoms with Crippen molar-refractivity contribution in [3.63, 3.8) is 0 Å². The molecule has 6 nitrogen and oxygen atoms in total. The van der Waals surface area contributed by atoms with Crippen molar-refractivity contribution in [3.05, 3.63) is 24.3 Å². The second kappa shape index (κ2) is 9.03. The zero-order valence-corrected chi connectivity index (χ0v) is 15.6. The number of nitrogens with one attached hydrogen (secondary N) is 1. The molecule has 26 heavy (non-hydrogen) atoms. The predicted octanol–water partition coefficient (Wildman–Crippen LogP) is 2.18. The van der Waals surface area contributed by atoms with Crippen LogP contribution >= 0.6 is 0 Å². The Balaban J connectivity index is 1.40. The minimum Gasteiger partial charge on any atom is -0.484 e. The summed E-state index contributed by atoms with van der Waals surface area (Å²) in [5, 5.41) is 3.07. The number of ether oxygens (including phenoxy) is 1. The van der Waals surface area contributed by atoms with Gasteiger partial charge in [-0.25, -0.2) is 0 Å². The van der Waals surface area contributed by atoms with Crippen LogP contribution in [0.25, 0.3) is 0 Å². The van der Waals surface area contributed by atoms with Gasteiger partial charge in [0.15, 0.2) is 6.61 Å². The topological polar surface area (TPSA) is 61.9 Å². The van der Waals surface area contributed by atoms with Crippen LogP contribution in [0.15, 0.2) is 24.3 Å². The Morgan fingerprint density at radius 3 is 2.54 bits per heavy atom. The number of piperidine rings is 1. The summed E-state index contributed by atoms with van der Waals surface area (Å²) in [5.74, 6) is 0.745. The Morgan fingerprint density at radius 1 is 1.19 bits per heavy atom. The van der Waals surface area contributed by atoms with Gasteiger partial charge < -0.3 is 19.9 Å². The van der Waals surface area contributed by atoms with Crippen molar-refractivity contribution in [2.45, 2.75) is 45.1 Å². The summed E-state index contributed by atoms with van der Waals surface area (Å²) in [4.78, 5) is 28.1. The highest BCUT2D eigenvalue weighted by molar-refractivity contribution is 5.95. The lowest BCUT2D eigenvalue weighted by Crippen LogP contribution is -2.46. The highest BCUT2D eigenvalue weighted by Gasteiger charge is 2.22. The predicted molar refractivity (Wildman–Crippen MR) is 101 cm³/mol. The number of rotatable bonds is 7. The lowest BCUT2D eigenvalue weighted by atomic mass is 10.0. The van der Waals surface area contributed by atoms with Gasteiger partial charge in [-0.2, -0.15) is 0 Å². The van der Waals surface area contributed by atoms with E-state index in [-0.39, 0.29) is 24.5 Å². The van der Waals surface area contributed by atoms with Gasteiger partial charge in [0.2, 0.25) is 5.91 Å². The maximum atomic E-state index is 12.1. The third-order valence-corrected chi connectivity index (χ3v) is 5.08. The Labute approximate surface area is 155 Å². The highest BCUT2D eigenvalue weighted by Crippen LogP contribution is 2.23. The van der Waals surface area contributed by atoms with Crippen molar-refractivity contribution in [2.75, 3.05) is 37.7 Å². The lowest BCUT2D eigenvalue weighted by molar-refractivity contribution is -0.124. The summed E-state index contributed by atoms with van der Waals surface area (Å²) in [5.41, 5.74) is 0.892. The molecule has 1 aromatic rings. The molecule has 2 aliphatic heterocycles. The number of carbonyl (C=O) groups is 2.